The van der Waals surface area contributed by atoms with Crippen molar-refractivity contribution in [2.75, 3.05) is 13.1 Å². The minimum atomic E-state index is -0.471. The van der Waals surface area contributed by atoms with Gasteiger partial charge in [0.25, 0.3) is 0 Å². The van der Waals surface area contributed by atoms with Crippen LogP contribution in [0.4, 0.5) is 4.79 Å². The minimum Gasteiger partial charge on any atom is -0.444 e. The van der Waals surface area contributed by atoms with E-state index in [1.807, 2.05) is 33.6 Å². The standard InChI is InChI=1S/C12H19NO3/c1-9-7-13(6-5-10(9)8-14)11(15)16-12(2,3)4/h9H,5-7H2,1-4H3. The summed E-state index contributed by atoms with van der Waals surface area (Å²) in [5.41, 5.74) is 0.293. The van der Waals surface area contributed by atoms with Gasteiger partial charge in [0.1, 0.15) is 11.5 Å². The third-order valence-corrected chi connectivity index (χ3v) is 2.52. The average molecular weight is 225 g/mol. The second-order valence-electron chi connectivity index (χ2n) is 5.20. The number of rotatable bonds is 0. The molecule has 0 aromatic heterocycles. The van der Waals surface area contributed by atoms with Gasteiger partial charge in [-0.05, 0) is 27.2 Å². The van der Waals surface area contributed by atoms with Crippen LogP contribution in [0, 0.1) is 5.92 Å². The van der Waals surface area contributed by atoms with Crippen LogP contribution in [-0.2, 0) is 9.53 Å². The summed E-state index contributed by atoms with van der Waals surface area (Å²) >= 11 is 0. The lowest BCUT2D eigenvalue weighted by molar-refractivity contribution is 0.0209. The van der Waals surface area contributed by atoms with Gasteiger partial charge in [-0.25, -0.2) is 9.59 Å². The first-order chi connectivity index (χ1) is 7.33. The van der Waals surface area contributed by atoms with E-state index in [2.05, 4.69) is 0 Å². The second kappa shape index (κ2) is 4.71. The van der Waals surface area contributed by atoms with Crippen molar-refractivity contribution in [3.63, 3.8) is 0 Å². The van der Waals surface area contributed by atoms with Crippen LogP contribution in [0.15, 0.2) is 5.57 Å². The summed E-state index contributed by atoms with van der Waals surface area (Å²) in [6, 6.07) is 0. The second-order valence-corrected chi connectivity index (χ2v) is 5.20. The van der Waals surface area contributed by atoms with E-state index in [-0.39, 0.29) is 12.0 Å². The SMILES string of the molecule is CC1CN(C(=O)OC(C)(C)C)CCC1=C=O. The number of carbonyl (C=O) groups is 1. The molecule has 1 fully saturated rings. The third kappa shape index (κ3) is 3.38. The molecule has 1 aliphatic rings. The highest BCUT2D eigenvalue weighted by molar-refractivity contribution is 5.69. The Bertz CT molecular complexity index is 324. The van der Waals surface area contributed by atoms with Gasteiger partial charge in [0.15, 0.2) is 0 Å². The molecule has 1 unspecified atom stereocenters. The number of carbonyl (C=O) groups excluding carboxylic acids is 2. The molecule has 0 saturated carbocycles. The minimum absolute atomic E-state index is 0.0822. The molecule has 1 saturated heterocycles. The molecule has 0 N–H and O–H groups in total. The predicted molar refractivity (Wildman–Crippen MR) is 60.8 cm³/mol. The summed E-state index contributed by atoms with van der Waals surface area (Å²) in [5.74, 6) is 2.03. The summed E-state index contributed by atoms with van der Waals surface area (Å²) in [4.78, 5) is 24.0. The zero-order valence-corrected chi connectivity index (χ0v) is 10.4. The fourth-order valence-electron chi connectivity index (χ4n) is 1.68. The van der Waals surface area contributed by atoms with Gasteiger partial charge in [-0.2, -0.15) is 0 Å². The predicted octanol–water partition coefficient (Wildman–Crippen LogP) is 2.02. The van der Waals surface area contributed by atoms with Gasteiger partial charge in [0.05, 0.1) is 0 Å². The molecule has 0 radical (unpaired) electrons. The first kappa shape index (κ1) is 12.8. The maximum Gasteiger partial charge on any atom is 0.410 e. The number of hydrogen-bond acceptors (Lipinski definition) is 3. The first-order valence-corrected chi connectivity index (χ1v) is 5.55. The van der Waals surface area contributed by atoms with Crippen molar-refractivity contribution in [1.29, 1.82) is 0 Å². The van der Waals surface area contributed by atoms with Gasteiger partial charge in [0, 0.05) is 24.6 Å². The van der Waals surface area contributed by atoms with Gasteiger partial charge >= 0.3 is 6.09 Å². The van der Waals surface area contributed by atoms with Crippen LogP contribution >= 0.6 is 0 Å². The molecular formula is C12H19NO3. The van der Waals surface area contributed by atoms with Crippen LogP contribution in [-0.4, -0.2) is 35.6 Å². The summed E-state index contributed by atoms with van der Waals surface area (Å²) in [5, 5.41) is 0. The Labute approximate surface area is 96.3 Å². The molecule has 16 heavy (non-hydrogen) atoms. The molecule has 4 nitrogen and oxygen atoms in total. The van der Waals surface area contributed by atoms with Crippen molar-refractivity contribution in [3.8, 4) is 0 Å². The Balaban J connectivity index is 2.58. The number of likely N-dealkylation sites (tertiary alicyclic amines) is 1. The Morgan fingerprint density at radius 3 is 2.56 bits per heavy atom. The summed E-state index contributed by atoms with van der Waals surface area (Å²) < 4.78 is 5.27. The van der Waals surface area contributed by atoms with Crippen molar-refractivity contribution >= 4 is 12.0 Å². The van der Waals surface area contributed by atoms with E-state index >= 15 is 0 Å². The largest absolute Gasteiger partial charge is 0.444 e. The molecule has 90 valence electrons. The third-order valence-electron chi connectivity index (χ3n) is 2.52. The normalized spacial score (nSPS) is 21.6. The van der Waals surface area contributed by atoms with Gasteiger partial charge in [-0.3, -0.25) is 0 Å². The monoisotopic (exact) mass is 225 g/mol. The van der Waals surface area contributed by atoms with E-state index in [1.54, 1.807) is 4.90 Å². The molecule has 1 aliphatic heterocycles. The van der Waals surface area contributed by atoms with E-state index in [9.17, 15) is 9.59 Å². The fourth-order valence-corrected chi connectivity index (χ4v) is 1.68. The Hall–Kier alpha value is -1.28. The number of nitrogens with zero attached hydrogens (tertiary/aromatic N) is 1. The summed E-state index contributed by atoms with van der Waals surface area (Å²) in [6.45, 7) is 8.54. The average Bonchev–Trinajstić information content (AvgIpc) is 2.15. The zero-order chi connectivity index (χ0) is 12.3. The fraction of sp³-hybridized carbons (Fsp3) is 0.750. The Morgan fingerprint density at radius 2 is 2.12 bits per heavy atom. The maximum atomic E-state index is 11.8. The van der Waals surface area contributed by atoms with Crippen LogP contribution in [0.25, 0.3) is 0 Å². The van der Waals surface area contributed by atoms with E-state index in [4.69, 9.17) is 4.74 Å². The highest BCUT2D eigenvalue weighted by atomic mass is 16.6. The maximum absolute atomic E-state index is 11.8. The van der Waals surface area contributed by atoms with Gasteiger partial charge in [-0.15, -0.1) is 0 Å². The van der Waals surface area contributed by atoms with Crippen LogP contribution < -0.4 is 0 Å². The van der Waals surface area contributed by atoms with Gasteiger partial charge < -0.3 is 9.64 Å². The van der Waals surface area contributed by atoms with Gasteiger partial charge in [0.2, 0.25) is 0 Å². The van der Waals surface area contributed by atoms with Crippen LogP contribution in [0.5, 0.6) is 0 Å². The number of hydrogen-bond donors (Lipinski definition) is 0. The van der Waals surface area contributed by atoms with Crippen molar-refractivity contribution in [2.24, 2.45) is 5.92 Å². The quantitative estimate of drug-likeness (QED) is 0.592. The number of amides is 1. The summed E-state index contributed by atoms with van der Waals surface area (Å²) in [6.07, 6.45) is 0.300. The highest BCUT2D eigenvalue weighted by Crippen LogP contribution is 2.21. The highest BCUT2D eigenvalue weighted by Gasteiger charge is 2.28. The molecule has 0 aromatic carbocycles. The van der Waals surface area contributed by atoms with E-state index < -0.39 is 5.60 Å². The molecule has 1 atom stereocenters. The molecule has 0 aromatic rings. The van der Waals surface area contributed by atoms with Gasteiger partial charge in [-0.1, -0.05) is 6.92 Å². The lowest BCUT2D eigenvalue weighted by atomic mass is 9.95. The zero-order valence-electron chi connectivity index (χ0n) is 10.4. The molecule has 0 aliphatic carbocycles. The molecular weight excluding hydrogens is 206 g/mol. The summed E-state index contributed by atoms with van der Waals surface area (Å²) in [7, 11) is 0. The molecule has 0 spiro atoms. The first-order valence-electron chi connectivity index (χ1n) is 5.55. The lowest BCUT2D eigenvalue weighted by Gasteiger charge is -2.33. The molecule has 4 heteroatoms. The van der Waals surface area contributed by atoms with E-state index in [0.717, 1.165) is 5.57 Å². The molecule has 1 rings (SSSR count). The van der Waals surface area contributed by atoms with Crippen molar-refractivity contribution in [1.82, 2.24) is 4.90 Å². The topological polar surface area (TPSA) is 46.6 Å². The Morgan fingerprint density at radius 1 is 1.50 bits per heavy atom. The van der Waals surface area contributed by atoms with Crippen molar-refractivity contribution < 1.29 is 14.3 Å². The van der Waals surface area contributed by atoms with Crippen molar-refractivity contribution in [3.05, 3.63) is 5.57 Å². The van der Waals surface area contributed by atoms with Crippen molar-refractivity contribution in [2.45, 2.75) is 39.7 Å². The molecule has 0 bridgehead atoms. The number of piperidine rings is 1. The van der Waals surface area contributed by atoms with Crippen LogP contribution in [0.1, 0.15) is 34.1 Å². The molecule has 1 amide bonds. The number of ether oxygens (including phenoxy) is 1. The molecule has 1 heterocycles. The Kier molecular flexibility index (Phi) is 3.76. The van der Waals surface area contributed by atoms with Crippen LogP contribution in [0.3, 0.4) is 0 Å². The van der Waals surface area contributed by atoms with E-state index in [1.165, 1.54) is 0 Å². The lowest BCUT2D eigenvalue weighted by Crippen LogP contribution is -2.43. The van der Waals surface area contributed by atoms with E-state index in [0.29, 0.717) is 19.5 Å². The van der Waals surface area contributed by atoms with Crippen LogP contribution in [0.2, 0.25) is 0 Å². The smallest absolute Gasteiger partial charge is 0.410 e.